The van der Waals surface area contributed by atoms with Gasteiger partial charge in [-0.25, -0.2) is 9.59 Å². The summed E-state index contributed by atoms with van der Waals surface area (Å²) >= 11 is 0. The lowest BCUT2D eigenvalue weighted by Gasteiger charge is -2.29. The van der Waals surface area contributed by atoms with Crippen molar-refractivity contribution in [1.82, 2.24) is 5.32 Å². The van der Waals surface area contributed by atoms with Crippen molar-refractivity contribution in [1.29, 1.82) is 0 Å². The van der Waals surface area contributed by atoms with Gasteiger partial charge in [-0.2, -0.15) is 0 Å². The van der Waals surface area contributed by atoms with Crippen molar-refractivity contribution in [3.05, 3.63) is 12.2 Å². The summed E-state index contributed by atoms with van der Waals surface area (Å²) in [5, 5.41) is 2.19. The van der Waals surface area contributed by atoms with E-state index in [1.807, 2.05) is 0 Å². The Bertz CT molecular complexity index is 430. The van der Waals surface area contributed by atoms with Crippen molar-refractivity contribution < 1.29 is 33.4 Å². The predicted octanol–water partition coefficient (Wildman–Crippen LogP) is -0.326. The highest BCUT2D eigenvalue weighted by molar-refractivity contribution is 5.97. The second kappa shape index (κ2) is 7.93. The molecule has 112 valence electrons. The molecule has 0 aromatic carbocycles. The van der Waals surface area contributed by atoms with Gasteiger partial charge in [-0.05, 0) is 0 Å². The average Bonchev–Trinajstić information content (AvgIpc) is 2.42. The second-order valence-electron chi connectivity index (χ2n) is 3.61. The summed E-state index contributed by atoms with van der Waals surface area (Å²) in [6.45, 7) is 2.61. The van der Waals surface area contributed by atoms with E-state index in [0.717, 1.165) is 33.3 Å². The standard InChI is InChI=1S/C12H17NO7/c1-5-12(11(17)19-4,20-8(2)14)13-9(15)6-7-10(16)18-3/h6-7H,5H2,1-4H3,(H,13,15). The molecule has 1 atom stereocenters. The first-order chi connectivity index (χ1) is 9.31. The lowest BCUT2D eigenvalue weighted by atomic mass is 10.1. The molecule has 0 aliphatic heterocycles. The molecular weight excluding hydrogens is 270 g/mol. The molecule has 1 N–H and O–H groups in total. The number of ether oxygens (including phenoxy) is 3. The zero-order valence-corrected chi connectivity index (χ0v) is 11.7. The Kier molecular flexibility index (Phi) is 6.98. The predicted molar refractivity (Wildman–Crippen MR) is 66.1 cm³/mol. The van der Waals surface area contributed by atoms with Gasteiger partial charge < -0.3 is 19.5 Å². The Morgan fingerprint density at radius 1 is 1.10 bits per heavy atom. The van der Waals surface area contributed by atoms with E-state index in [0.29, 0.717) is 0 Å². The number of hydrogen-bond donors (Lipinski definition) is 1. The summed E-state index contributed by atoms with van der Waals surface area (Å²) in [5.74, 6) is -3.26. The third-order valence-electron chi connectivity index (χ3n) is 2.23. The van der Waals surface area contributed by atoms with E-state index in [2.05, 4.69) is 14.8 Å². The molecule has 0 saturated carbocycles. The van der Waals surface area contributed by atoms with E-state index in [9.17, 15) is 19.2 Å². The largest absolute Gasteiger partial charge is 0.466 e. The highest BCUT2D eigenvalue weighted by atomic mass is 16.6. The Labute approximate surface area is 116 Å². The summed E-state index contributed by atoms with van der Waals surface area (Å²) in [5.41, 5.74) is -1.93. The van der Waals surface area contributed by atoms with Gasteiger partial charge in [0.25, 0.3) is 5.72 Å². The van der Waals surface area contributed by atoms with Crippen LogP contribution >= 0.6 is 0 Å². The third-order valence-corrected chi connectivity index (χ3v) is 2.23. The van der Waals surface area contributed by atoms with E-state index in [1.165, 1.54) is 6.92 Å². The van der Waals surface area contributed by atoms with Crippen LogP contribution in [0.1, 0.15) is 20.3 Å². The Morgan fingerprint density at radius 3 is 2.10 bits per heavy atom. The molecule has 0 radical (unpaired) electrons. The van der Waals surface area contributed by atoms with Crippen LogP contribution in [0.5, 0.6) is 0 Å². The van der Waals surface area contributed by atoms with E-state index in [1.54, 1.807) is 0 Å². The zero-order valence-electron chi connectivity index (χ0n) is 11.7. The van der Waals surface area contributed by atoms with Gasteiger partial charge in [-0.15, -0.1) is 0 Å². The van der Waals surface area contributed by atoms with Gasteiger partial charge in [0.05, 0.1) is 14.2 Å². The minimum Gasteiger partial charge on any atom is -0.466 e. The molecule has 0 fully saturated rings. The summed E-state index contributed by atoms with van der Waals surface area (Å²) < 4.78 is 13.7. The van der Waals surface area contributed by atoms with E-state index in [4.69, 9.17) is 4.74 Å². The van der Waals surface area contributed by atoms with Crippen LogP contribution in [0.3, 0.4) is 0 Å². The monoisotopic (exact) mass is 287 g/mol. The summed E-state index contributed by atoms with van der Waals surface area (Å²) in [6, 6.07) is 0. The number of nitrogens with one attached hydrogen (secondary N) is 1. The van der Waals surface area contributed by atoms with Gasteiger partial charge in [0.1, 0.15) is 0 Å². The molecule has 0 aromatic rings. The van der Waals surface area contributed by atoms with Crippen LogP contribution < -0.4 is 5.32 Å². The van der Waals surface area contributed by atoms with Crippen molar-refractivity contribution in [3.8, 4) is 0 Å². The SMILES string of the molecule is CCC(NC(=O)C=CC(=O)OC)(OC(C)=O)C(=O)OC. The minimum absolute atomic E-state index is 0.0446. The van der Waals surface area contributed by atoms with Crippen LogP contribution in [0.15, 0.2) is 12.2 Å². The molecule has 8 heteroatoms. The summed E-state index contributed by atoms with van der Waals surface area (Å²) in [6.07, 6.45) is 1.67. The van der Waals surface area contributed by atoms with Crippen LogP contribution in [0.4, 0.5) is 0 Å². The molecular formula is C12H17NO7. The molecule has 0 spiro atoms. The van der Waals surface area contributed by atoms with Crippen molar-refractivity contribution in [2.24, 2.45) is 0 Å². The normalized spacial score (nSPS) is 13.2. The average molecular weight is 287 g/mol. The number of hydrogen-bond acceptors (Lipinski definition) is 7. The molecule has 0 heterocycles. The van der Waals surface area contributed by atoms with Gasteiger partial charge in [-0.1, -0.05) is 6.92 Å². The topological polar surface area (TPSA) is 108 Å². The number of esters is 3. The Hall–Kier alpha value is -2.38. The smallest absolute Gasteiger partial charge is 0.372 e. The van der Waals surface area contributed by atoms with Gasteiger partial charge in [-0.3, -0.25) is 9.59 Å². The highest BCUT2D eigenvalue weighted by Gasteiger charge is 2.42. The fraction of sp³-hybridized carbons (Fsp3) is 0.500. The molecule has 0 aliphatic rings. The molecule has 20 heavy (non-hydrogen) atoms. The molecule has 0 saturated heterocycles. The lowest BCUT2D eigenvalue weighted by molar-refractivity contribution is -0.185. The van der Waals surface area contributed by atoms with Gasteiger partial charge in [0.15, 0.2) is 0 Å². The molecule has 0 aliphatic carbocycles. The molecule has 0 rings (SSSR count). The van der Waals surface area contributed by atoms with E-state index < -0.39 is 29.5 Å². The quantitative estimate of drug-likeness (QED) is 0.308. The Balaban J connectivity index is 5.10. The fourth-order valence-corrected chi connectivity index (χ4v) is 1.29. The minimum atomic E-state index is -1.93. The number of carbonyl (C=O) groups excluding carboxylic acids is 4. The number of methoxy groups -OCH3 is 2. The molecule has 1 amide bonds. The van der Waals surface area contributed by atoms with Crippen molar-refractivity contribution in [2.45, 2.75) is 26.0 Å². The van der Waals surface area contributed by atoms with Crippen LogP contribution in [-0.4, -0.2) is 43.8 Å². The van der Waals surface area contributed by atoms with Crippen LogP contribution in [0.25, 0.3) is 0 Å². The summed E-state index contributed by atoms with van der Waals surface area (Å²) in [4.78, 5) is 45.2. The van der Waals surface area contributed by atoms with Crippen molar-refractivity contribution in [2.75, 3.05) is 14.2 Å². The Morgan fingerprint density at radius 2 is 1.70 bits per heavy atom. The van der Waals surface area contributed by atoms with Crippen LogP contribution in [-0.2, 0) is 33.4 Å². The first-order valence-electron chi connectivity index (χ1n) is 5.67. The number of amides is 1. The van der Waals surface area contributed by atoms with Gasteiger partial charge in [0, 0.05) is 25.5 Å². The van der Waals surface area contributed by atoms with E-state index >= 15 is 0 Å². The molecule has 8 nitrogen and oxygen atoms in total. The second-order valence-corrected chi connectivity index (χ2v) is 3.61. The molecule has 0 bridgehead atoms. The van der Waals surface area contributed by atoms with Crippen LogP contribution in [0, 0.1) is 0 Å². The third kappa shape index (κ3) is 5.09. The number of rotatable bonds is 6. The van der Waals surface area contributed by atoms with E-state index in [-0.39, 0.29) is 6.42 Å². The van der Waals surface area contributed by atoms with Crippen molar-refractivity contribution >= 4 is 23.8 Å². The van der Waals surface area contributed by atoms with Crippen molar-refractivity contribution in [3.63, 3.8) is 0 Å². The maximum absolute atomic E-state index is 11.7. The lowest BCUT2D eigenvalue weighted by Crippen LogP contribution is -2.57. The first kappa shape index (κ1) is 17.6. The molecule has 1 unspecified atom stereocenters. The maximum atomic E-state index is 11.7. The molecule has 0 aromatic heterocycles. The van der Waals surface area contributed by atoms with Gasteiger partial charge >= 0.3 is 17.9 Å². The van der Waals surface area contributed by atoms with Crippen LogP contribution in [0.2, 0.25) is 0 Å². The first-order valence-corrected chi connectivity index (χ1v) is 5.67. The maximum Gasteiger partial charge on any atom is 0.372 e. The highest BCUT2D eigenvalue weighted by Crippen LogP contribution is 2.15. The zero-order chi connectivity index (χ0) is 15.8. The summed E-state index contributed by atoms with van der Waals surface area (Å²) in [7, 11) is 2.24. The number of carbonyl (C=O) groups is 4. The fourth-order valence-electron chi connectivity index (χ4n) is 1.29. The van der Waals surface area contributed by atoms with Gasteiger partial charge in [0.2, 0.25) is 5.91 Å².